The van der Waals surface area contributed by atoms with Crippen LogP contribution in [0.15, 0.2) is 42.5 Å². The SMILES string of the molecule is Fc1ccccc1Nc1nc2c(F)cccc2s1. The van der Waals surface area contributed by atoms with Gasteiger partial charge in [0, 0.05) is 0 Å². The second kappa shape index (κ2) is 4.34. The van der Waals surface area contributed by atoms with Gasteiger partial charge in [-0.2, -0.15) is 0 Å². The second-order valence-corrected chi connectivity index (χ2v) is 4.74. The number of hydrogen-bond donors (Lipinski definition) is 1. The van der Waals surface area contributed by atoms with Crippen molar-refractivity contribution in [2.75, 3.05) is 5.32 Å². The molecule has 2 nitrogen and oxygen atoms in total. The zero-order chi connectivity index (χ0) is 12.5. The van der Waals surface area contributed by atoms with Crippen LogP contribution in [0.1, 0.15) is 0 Å². The molecule has 0 saturated carbocycles. The van der Waals surface area contributed by atoms with Crippen molar-refractivity contribution in [1.82, 2.24) is 4.98 Å². The fraction of sp³-hybridized carbons (Fsp3) is 0. The van der Waals surface area contributed by atoms with E-state index < -0.39 is 0 Å². The summed E-state index contributed by atoms with van der Waals surface area (Å²) in [6.45, 7) is 0. The molecule has 1 aromatic heterocycles. The Kier molecular flexibility index (Phi) is 2.68. The van der Waals surface area contributed by atoms with Crippen molar-refractivity contribution in [2.45, 2.75) is 0 Å². The largest absolute Gasteiger partial charge is 0.329 e. The predicted octanol–water partition coefficient (Wildman–Crippen LogP) is 4.32. The van der Waals surface area contributed by atoms with Crippen LogP contribution in [-0.2, 0) is 0 Å². The number of hydrogen-bond acceptors (Lipinski definition) is 3. The van der Waals surface area contributed by atoms with Crippen LogP contribution in [0, 0.1) is 11.6 Å². The van der Waals surface area contributed by atoms with E-state index in [1.54, 1.807) is 30.3 Å². The lowest BCUT2D eigenvalue weighted by molar-refractivity contribution is 0.632. The molecule has 0 amide bonds. The van der Waals surface area contributed by atoms with Gasteiger partial charge in [-0.15, -0.1) is 0 Å². The fourth-order valence-electron chi connectivity index (χ4n) is 1.65. The molecule has 0 atom stereocenters. The van der Waals surface area contributed by atoms with Gasteiger partial charge in [0.25, 0.3) is 0 Å². The molecule has 90 valence electrons. The number of anilines is 2. The number of nitrogens with zero attached hydrogens (tertiary/aromatic N) is 1. The van der Waals surface area contributed by atoms with E-state index in [0.29, 0.717) is 16.3 Å². The number of para-hydroxylation sites is 2. The first-order chi connectivity index (χ1) is 8.74. The lowest BCUT2D eigenvalue weighted by Crippen LogP contribution is -1.92. The Morgan fingerprint density at radius 2 is 1.72 bits per heavy atom. The molecule has 0 unspecified atom stereocenters. The normalized spacial score (nSPS) is 10.8. The van der Waals surface area contributed by atoms with Crippen LogP contribution in [0.3, 0.4) is 0 Å². The lowest BCUT2D eigenvalue weighted by Gasteiger charge is -2.02. The Balaban J connectivity index is 2.01. The Hall–Kier alpha value is -2.01. The maximum absolute atomic E-state index is 13.5. The minimum atomic E-state index is -0.370. The summed E-state index contributed by atoms with van der Waals surface area (Å²) in [6, 6.07) is 11.1. The van der Waals surface area contributed by atoms with E-state index in [1.165, 1.54) is 23.5 Å². The minimum Gasteiger partial charge on any atom is -0.329 e. The zero-order valence-corrected chi connectivity index (χ0v) is 9.97. The number of fused-ring (bicyclic) bond motifs is 1. The van der Waals surface area contributed by atoms with Crippen LogP contribution in [0.5, 0.6) is 0 Å². The van der Waals surface area contributed by atoms with E-state index in [-0.39, 0.29) is 11.6 Å². The number of nitrogens with one attached hydrogen (secondary N) is 1. The molecule has 2 aromatic carbocycles. The Bertz CT molecular complexity index is 709. The molecule has 5 heteroatoms. The highest BCUT2D eigenvalue weighted by molar-refractivity contribution is 7.22. The van der Waals surface area contributed by atoms with Crippen molar-refractivity contribution in [3.8, 4) is 0 Å². The van der Waals surface area contributed by atoms with Gasteiger partial charge in [-0.1, -0.05) is 29.5 Å². The first kappa shape index (κ1) is 11.1. The van der Waals surface area contributed by atoms with Gasteiger partial charge in [-0.25, -0.2) is 13.8 Å². The summed E-state index contributed by atoms with van der Waals surface area (Å²) in [5, 5.41) is 3.33. The van der Waals surface area contributed by atoms with E-state index in [1.807, 2.05) is 0 Å². The highest BCUT2D eigenvalue weighted by atomic mass is 32.1. The van der Waals surface area contributed by atoms with Crippen molar-refractivity contribution in [1.29, 1.82) is 0 Å². The quantitative estimate of drug-likeness (QED) is 0.744. The van der Waals surface area contributed by atoms with E-state index in [2.05, 4.69) is 10.3 Å². The fourth-order valence-corrected chi connectivity index (χ4v) is 2.54. The molecular weight excluding hydrogens is 254 g/mol. The van der Waals surface area contributed by atoms with E-state index >= 15 is 0 Å². The number of benzene rings is 2. The summed E-state index contributed by atoms with van der Waals surface area (Å²) in [6.07, 6.45) is 0. The zero-order valence-electron chi connectivity index (χ0n) is 9.15. The van der Waals surface area contributed by atoms with Gasteiger partial charge in [-0.05, 0) is 24.3 Å². The van der Waals surface area contributed by atoms with Gasteiger partial charge < -0.3 is 5.32 Å². The summed E-state index contributed by atoms with van der Waals surface area (Å²) in [4.78, 5) is 4.11. The van der Waals surface area contributed by atoms with Crippen LogP contribution in [0.25, 0.3) is 10.2 Å². The number of halogens is 2. The van der Waals surface area contributed by atoms with Crippen molar-refractivity contribution >= 4 is 32.4 Å². The predicted molar refractivity (Wildman–Crippen MR) is 69.3 cm³/mol. The maximum atomic E-state index is 13.5. The van der Waals surface area contributed by atoms with Crippen molar-refractivity contribution in [3.63, 3.8) is 0 Å². The highest BCUT2D eigenvalue weighted by Crippen LogP contribution is 2.30. The third-order valence-corrected chi connectivity index (χ3v) is 3.42. The van der Waals surface area contributed by atoms with E-state index in [0.717, 1.165) is 4.70 Å². The molecule has 0 radical (unpaired) electrons. The molecule has 0 spiro atoms. The maximum Gasteiger partial charge on any atom is 0.188 e. The number of thiazole rings is 1. The van der Waals surface area contributed by atoms with Gasteiger partial charge in [0.2, 0.25) is 0 Å². The van der Waals surface area contributed by atoms with Gasteiger partial charge in [0.15, 0.2) is 5.13 Å². The van der Waals surface area contributed by atoms with E-state index in [9.17, 15) is 8.78 Å². The number of aromatic nitrogens is 1. The molecular formula is C13H8F2N2S. The summed E-state index contributed by atoms with van der Waals surface area (Å²) < 4.78 is 27.6. The highest BCUT2D eigenvalue weighted by Gasteiger charge is 2.09. The topological polar surface area (TPSA) is 24.9 Å². The second-order valence-electron chi connectivity index (χ2n) is 3.71. The van der Waals surface area contributed by atoms with Crippen molar-refractivity contribution in [3.05, 3.63) is 54.1 Å². The van der Waals surface area contributed by atoms with Crippen LogP contribution >= 0.6 is 11.3 Å². The molecule has 0 fully saturated rings. The molecule has 3 rings (SSSR count). The summed E-state index contributed by atoms with van der Waals surface area (Å²) in [5.41, 5.74) is 0.637. The first-order valence-corrected chi connectivity index (χ1v) is 6.12. The first-order valence-electron chi connectivity index (χ1n) is 5.30. The van der Waals surface area contributed by atoms with Crippen LogP contribution in [0.4, 0.5) is 19.6 Å². The molecule has 0 saturated heterocycles. The van der Waals surface area contributed by atoms with Crippen molar-refractivity contribution < 1.29 is 8.78 Å². The monoisotopic (exact) mass is 262 g/mol. The van der Waals surface area contributed by atoms with Crippen LogP contribution < -0.4 is 5.32 Å². The number of rotatable bonds is 2. The van der Waals surface area contributed by atoms with Gasteiger partial charge in [0.05, 0.1) is 10.4 Å². The standard InChI is InChI=1S/C13H8F2N2S/c14-8-4-1-2-6-10(8)16-13-17-12-9(15)5-3-7-11(12)18-13/h1-7H,(H,16,17). The Morgan fingerprint density at radius 3 is 2.50 bits per heavy atom. The molecule has 0 aliphatic rings. The average Bonchev–Trinajstić information content (AvgIpc) is 2.76. The molecule has 18 heavy (non-hydrogen) atoms. The minimum absolute atomic E-state index is 0.307. The average molecular weight is 262 g/mol. The Morgan fingerprint density at radius 1 is 0.944 bits per heavy atom. The summed E-state index contributed by atoms with van der Waals surface area (Å²) in [5.74, 6) is -0.734. The molecule has 3 aromatic rings. The molecule has 1 heterocycles. The lowest BCUT2D eigenvalue weighted by atomic mass is 10.3. The smallest absolute Gasteiger partial charge is 0.188 e. The Labute approximate surface area is 106 Å². The van der Waals surface area contributed by atoms with Crippen LogP contribution in [-0.4, -0.2) is 4.98 Å². The molecule has 0 aliphatic heterocycles. The summed E-state index contributed by atoms with van der Waals surface area (Å²) >= 11 is 1.29. The molecule has 1 N–H and O–H groups in total. The third-order valence-electron chi connectivity index (χ3n) is 2.49. The third kappa shape index (κ3) is 1.93. The van der Waals surface area contributed by atoms with Crippen LogP contribution in [0.2, 0.25) is 0 Å². The van der Waals surface area contributed by atoms with Gasteiger partial charge in [0.1, 0.15) is 17.2 Å². The van der Waals surface area contributed by atoms with Crippen molar-refractivity contribution in [2.24, 2.45) is 0 Å². The van der Waals surface area contributed by atoms with Gasteiger partial charge >= 0.3 is 0 Å². The summed E-state index contributed by atoms with van der Waals surface area (Å²) in [7, 11) is 0. The molecule has 0 bridgehead atoms. The molecule has 0 aliphatic carbocycles. The van der Waals surface area contributed by atoms with E-state index in [4.69, 9.17) is 0 Å². The van der Waals surface area contributed by atoms with Gasteiger partial charge in [-0.3, -0.25) is 0 Å².